The van der Waals surface area contributed by atoms with E-state index in [0.29, 0.717) is 6.61 Å². The Morgan fingerprint density at radius 1 is 1.20 bits per heavy atom. The van der Waals surface area contributed by atoms with Gasteiger partial charge in [0.2, 0.25) is 0 Å². The van der Waals surface area contributed by atoms with Gasteiger partial charge in [-0.05, 0) is 43.4 Å². The Balaban J connectivity index is 1.24. The summed E-state index contributed by atoms with van der Waals surface area (Å²) in [5, 5.41) is 9.99. The van der Waals surface area contributed by atoms with Gasteiger partial charge in [-0.1, -0.05) is 6.42 Å². The fourth-order valence-corrected chi connectivity index (χ4v) is 4.32. The smallest absolute Gasteiger partial charge is 0.0900 e. The standard InChI is InChI=1S/C16H29NO3/c18-16(11-17-4-7-19-8-5-17)12-20-6-3-15-10-13-1-2-14(15)9-13/h13-16,18H,1-12H2/t13-,14+,15-,16+/m0/s1. The van der Waals surface area contributed by atoms with Crippen molar-refractivity contribution < 1.29 is 14.6 Å². The van der Waals surface area contributed by atoms with Gasteiger partial charge in [-0.3, -0.25) is 4.90 Å². The molecule has 3 rings (SSSR count). The number of hydrogen-bond donors (Lipinski definition) is 1. The van der Waals surface area contributed by atoms with Crippen LogP contribution in [0.1, 0.15) is 32.1 Å². The molecule has 4 nitrogen and oxygen atoms in total. The molecule has 1 heterocycles. The van der Waals surface area contributed by atoms with E-state index in [1.54, 1.807) is 0 Å². The van der Waals surface area contributed by atoms with Gasteiger partial charge in [-0.15, -0.1) is 0 Å². The molecule has 1 N–H and O–H groups in total. The summed E-state index contributed by atoms with van der Waals surface area (Å²) in [6.07, 6.45) is 6.68. The minimum atomic E-state index is -0.354. The highest BCUT2D eigenvalue weighted by molar-refractivity contribution is 4.89. The zero-order valence-electron chi connectivity index (χ0n) is 12.5. The van der Waals surface area contributed by atoms with Crippen LogP contribution in [0.15, 0.2) is 0 Å². The Morgan fingerprint density at radius 2 is 2.05 bits per heavy atom. The van der Waals surface area contributed by atoms with Gasteiger partial charge in [0.05, 0.1) is 25.9 Å². The average molecular weight is 283 g/mol. The molecule has 2 saturated carbocycles. The van der Waals surface area contributed by atoms with Gasteiger partial charge >= 0.3 is 0 Å². The molecule has 0 spiro atoms. The fourth-order valence-electron chi connectivity index (χ4n) is 4.32. The number of hydrogen-bond acceptors (Lipinski definition) is 4. The number of morpholine rings is 1. The summed E-state index contributed by atoms with van der Waals surface area (Å²) in [7, 11) is 0. The molecule has 0 amide bonds. The van der Waals surface area contributed by atoms with E-state index >= 15 is 0 Å². The summed E-state index contributed by atoms with van der Waals surface area (Å²) in [6.45, 7) is 5.48. The topological polar surface area (TPSA) is 41.9 Å². The molecule has 1 aliphatic heterocycles. The highest BCUT2D eigenvalue weighted by atomic mass is 16.5. The molecule has 2 bridgehead atoms. The molecule has 4 heteroatoms. The number of fused-ring (bicyclic) bond motifs is 2. The number of rotatable bonds is 7. The van der Waals surface area contributed by atoms with Gasteiger partial charge in [-0.25, -0.2) is 0 Å². The van der Waals surface area contributed by atoms with E-state index in [9.17, 15) is 5.11 Å². The van der Waals surface area contributed by atoms with E-state index < -0.39 is 0 Å². The molecular weight excluding hydrogens is 254 g/mol. The van der Waals surface area contributed by atoms with Crippen LogP contribution in [-0.4, -0.2) is 62.2 Å². The molecule has 0 aromatic heterocycles. The third-order valence-corrected chi connectivity index (χ3v) is 5.40. The van der Waals surface area contributed by atoms with E-state index in [0.717, 1.165) is 57.2 Å². The number of nitrogens with zero attached hydrogens (tertiary/aromatic N) is 1. The monoisotopic (exact) mass is 283 g/mol. The van der Waals surface area contributed by atoms with Crippen LogP contribution in [0.3, 0.4) is 0 Å². The molecule has 20 heavy (non-hydrogen) atoms. The zero-order valence-corrected chi connectivity index (χ0v) is 12.5. The van der Waals surface area contributed by atoms with Gasteiger partial charge in [0.1, 0.15) is 0 Å². The summed E-state index contributed by atoms with van der Waals surface area (Å²) < 4.78 is 11.0. The van der Waals surface area contributed by atoms with Crippen LogP contribution < -0.4 is 0 Å². The van der Waals surface area contributed by atoms with E-state index in [-0.39, 0.29) is 6.10 Å². The number of β-amino-alcohol motifs (C(OH)–C–C–N with tert-alkyl or cyclic N) is 1. The van der Waals surface area contributed by atoms with Gasteiger partial charge in [0.25, 0.3) is 0 Å². The number of aliphatic hydroxyl groups is 1. The predicted molar refractivity (Wildman–Crippen MR) is 77.6 cm³/mol. The first-order valence-corrected chi connectivity index (χ1v) is 8.37. The Labute approximate surface area is 122 Å². The van der Waals surface area contributed by atoms with Crippen LogP contribution in [-0.2, 0) is 9.47 Å². The first-order valence-electron chi connectivity index (χ1n) is 8.37. The van der Waals surface area contributed by atoms with Crippen molar-refractivity contribution in [1.82, 2.24) is 4.90 Å². The molecule has 0 aromatic carbocycles. The SMILES string of the molecule is O[C@@H](COCC[C@H]1C[C@H]2CC[C@@H]1C2)CN1CCOCC1. The van der Waals surface area contributed by atoms with Crippen molar-refractivity contribution >= 4 is 0 Å². The summed E-state index contributed by atoms with van der Waals surface area (Å²) in [6, 6.07) is 0. The Bertz CT molecular complexity index is 293. The first kappa shape index (κ1) is 14.8. The molecular formula is C16H29NO3. The van der Waals surface area contributed by atoms with E-state index in [2.05, 4.69) is 4.90 Å². The molecule has 4 atom stereocenters. The molecule has 116 valence electrons. The van der Waals surface area contributed by atoms with Crippen molar-refractivity contribution in [1.29, 1.82) is 0 Å². The minimum Gasteiger partial charge on any atom is -0.389 e. The molecule has 3 aliphatic rings. The van der Waals surface area contributed by atoms with Crippen molar-refractivity contribution in [3.63, 3.8) is 0 Å². The van der Waals surface area contributed by atoms with Gasteiger partial charge in [-0.2, -0.15) is 0 Å². The second-order valence-corrected chi connectivity index (χ2v) is 6.87. The first-order chi connectivity index (χ1) is 9.81. The van der Waals surface area contributed by atoms with Crippen LogP contribution in [0.25, 0.3) is 0 Å². The van der Waals surface area contributed by atoms with Crippen LogP contribution in [0, 0.1) is 17.8 Å². The van der Waals surface area contributed by atoms with Crippen LogP contribution in [0.2, 0.25) is 0 Å². The number of ether oxygens (including phenoxy) is 2. The van der Waals surface area contributed by atoms with Crippen molar-refractivity contribution in [2.45, 2.75) is 38.2 Å². The molecule has 3 fully saturated rings. The van der Waals surface area contributed by atoms with Crippen LogP contribution >= 0.6 is 0 Å². The summed E-state index contributed by atoms with van der Waals surface area (Å²) in [5.74, 6) is 2.92. The molecule has 2 aliphatic carbocycles. The van der Waals surface area contributed by atoms with Gasteiger partial charge < -0.3 is 14.6 Å². The Hall–Kier alpha value is -0.160. The Morgan fingerprint density at radius 3 is 2.75 bits per heavy atom. The van der Waals surface area contributed by atoms with Crippen molar-refractivity contribution in [3.05, 3.63) is 0 Å². The highest BCUT2D eigenvalue weighted by Gasteiger charge is 2.38. The molecule has 0 aromatic rings. The largest absolute Gasteiger partial charge is 0.389 e. The lowest BCUT2D eigenvalue weighted by Crippen LogP contribution is -2.42. The number of aliphatic hydroxyl groups excluding tert-OH is 1. The normalized spacial score (nSPS) is 35.5. The maximum absolute atomic E-state index is 9.99. The average Bonchev–Trinajstić information content (AvgIpc) is 3.07. The summed E-state index contributed by atoms with van der Waals surface area (Å²) >= 11 is 0. The lowest BCUT2D eigenvalue weighted by molar-refractivity contribution is -0.0166. The second-order valence-electron chi connectivity index (χ2n) is 6.87. The maximum atomic E-state index is 9.99. The zero-order chi connectivity index (χ0) is 13.8. The van der Waals surface area contributed by atoms with Gasteiger partial charge in [0.15, 0.2) is 0 Å². The molecule has 0 unspecified atom stereocenters. The quantitative estimate of drug-likeness (QED) is 0.719. The van der Waals surface area contributed by atoms with Crippen molar-refractivity contribution in [2.75, 3.05) is 46.1 Å². The predicted octanol–water partition coefficient (Wildman–Crippen LogP) is 1.52. The fraction of sp³-hybridized carbons (Fsp3) is 1.00. The minimum absolute atomic E-state index is 0.354. The van der Waals surface area contributed by atoms with Crippen LogP contribution in [0.5, 0.6) is 0 Å². The van der Waals surface area contributed by atoms with Crippen molar-refractivity contribution in [2.24, 2.45) is 17.8 Å². The van der Waals surface area contributed by atoms with Crippen molar-refractivity contribution in [3.8, 4) is 0 Å². The summed E-state index contributed by atoms with van der Waals surface area (Å²) in [4.78, 5) is 2.26. The Kier molecular flexibility index (Phi) is 5.32. The third-order valence-electron chi connectivity index (χ3n) is 5.40. The third kappa shape index (κ3) is 3.94. The molecule has 0 radical (unpaired) electrons. The lowest BCUT2D eigenvalue weighted by Gasteiger charge is -2.28. The van der Waals surface area contributed by atoms with Gasteiger partial charge in [0, 0.05) is 26.2 Å². The highest BCUT2D eigenvalue weighted by Crippen LogP contribution is 2.49. The maximum Gasteiger partial charge on any atom is 0.0900 e. The molecule has 1 saturated heterocycles. The lowest BCUT2D eigenvalue weighted by atomic mass is 9.87. The van der Waals surface area contributed by atoms with E-state index in [1.807, 2.05) is 0 Å². The van der Waals surface area contributed by atoms with E-state index in [1.165, 1.54) is 32.1 Å². The second kappa shape index (κ2) is 7.21. The summed E-state index contributed by atoms with van der Waals surface area (Å²) in [5.41, 5.74) is 0. The van der Waals surface area contributed by atoms with Crippen LogP contribution in [0.4, 0.5) is 0 Å². The van der Waals surface area contributed by atoms with E-state index in [4.69, 9.17) is 9.47 Å².